The molecule has 1 aromatic rings. The number of thioether (sulfide) groups is 1. The van der Waals surface area contributed by atoms with E-state index in [0.717, 1.165) is 4.90 Å². The Morgan fingerprint density at radius 2 is 2.00 bits per heavy atom. The number of hydrogen-bond acceptors (Lipinski definition) is 5. The molecule has 8 heteroatoms. The number of nitrogens with one attached hydrogen (secondary N) is 1. The van der Waals surface area contributed by atoms with Crippen molar-refractivity contribution in [3.8, 4) is 11.5 Å². The lowest BCUT2D eigenvalue weighted by Gasteiger charge is -2.14. The van der Waals surface area contributed by atoms with Gasteiger partial charge >= 0.3 is 0 Å². The molecule has 0 aliphatic rings. The maximum absolute atomic E-state index is 12.9. The fourth-order valence-corrected chi connectivity index (χ4v) is 2.43. The molecule has 124 valence electrons. The summed E-state index contributed by atoms with van der Waals surface area (Å²) in [7, 11) is 3.09. The SMILES string of the molecule is COc1ccc(SCCC(=O)NCC(F)(F)CN)cc1OC. The van der Waals surface area contributed by atoms with Gasteiger partial charge in [0.15, 0.2) is 11.5 Å². The molecule has 0 heterocycles. The Bertz CT molecular complexity index is 501. The smallest absolute Gasteiger partial charge is 0.277 e. The Morgan fingerprint density at radius 1 is 1.32 bits per heavy atom. The molecule has 0 saturated carbocycles. The topological polar surface area (TPSA) is 73.6 Å². The molecule has 0 spiro atoms. The number of amides is 1. The van der Waals surface area contributed by atoms with Crippen LogP contribution in [0.3, 0.4) is 0 Å². The minimum atomic E-state index is -3.06. The molecule has 0 radical (unpaired) electrons. The second-order valence-electron chi connectivity index (χ2n) is 4.45. The van der Waals surface area contributed by atoms with E-state index in [1.54, 1.807) is 19.2 Å². The number of rotatable bonds is 9. The van der Waals surface area contributed by atoms with E-state index in [9.17, 15) is 13.6 Å². The Hall–Kier alpha value is -1.54. The molecular weight excluding hydrogens is 314 g/mol. The molecule has 0 unspecified atom stereocenters. The van der Waals surface area contributed by atoms with Gasteiger partial charge in [0.25, 0.3) is 5.92 Å². The number of ether oxygens (including phenoxy) is 2. The summed E-state index contributed by atoms with van der Waals surface area (Å²) in [6, 6.07) is 5.40. The maximum Gasteiger partial charge on any atom is 0.277 e. The maximum atomic E-state index is 12.9. The molecule has 1 rings (SSSR count). The van der Waals surface area contributed by atoms with Crippen molar-refractivity contribution in [2.24, 2.45) is 5.73 Å². The third kappa shape index (κ3) is 6.07. The van der Waals surface area contributed by atoms with Crippen molar-refractivity contribution in [1.82, 2.24) is 5.32 Å². The Morgan fingerprint density at radius 3 is 2.59 bits per heavy atom. The van der Waals surface area contributed by atoms with Gasteiger partial charge in [0.1, 0.15) is 0 Å². The number of carbonyl (C=O) groups is 1. The first-order valence-electron chi connectivity index (χ1n) is 6.61. The highest BCUT2D eigenvalue weighted by molar-refractivity contribution is 7.99. The lowest BCUT2D eigenvalue weighted by atomic mass is 10.3. The number of alkyl halides is 2. The van der Waals surface area contributed by atoms with Crippen LogP contribution in [-0.4, -0.2) is 44.9 Å². The second-order valence-corrected chi connectivity index (χ2v) is 5.62. The van der Waals surface area contributed by atoms with Crippen LogP contribution in [0.4, 0.5) is 8.78 Å². The lowest BCUT2D eigenvalue weighted by molar-refractivity contribution is -0.122. The van der Waals surface area contributed by atoms with Gasteiger partial charge in [-0.3, -0.25) is 4.79 Å². The first-order chi connectivity index (χ1) is 10.4. The number of methoxy groups -OCH3 is 2. The summed E-state index contributed by atoms with van der Waals surface area (Å²) in [5, 5.41) is 2.17. The van der Waals surface area contributed by atoms with Crippen molar-refractivity contribution in [1.29, 1.82) is 0 Å². The zero-order chi connectivity index (χ0) is 16.6. The van der Waals surface area contributed by atoms with Gasteiger partial charge < -0.3 is 20.5 Å². The van der Waals surface area contributed by atoms with Gasteiger partial charge in [0.2, 0.25) is 5.91 Å². The number of hydrogen-bond donors (Lipinski definition) is 2. The van der Waals surface area contributed by atoms with E-state index in [-0.39, 0.29) is 6.42 Å². The zero-order valence-electron chi connectivity index (χ0n) is 12.5. The summed E-state index contributed by atoms with van der Waals surface area (Å²) in [4.78, 5) is 12.4. The summed E-state index contributed by atoms with van der Waals surface area (Å²) in [5.41, 5.74) is 4.89. The van der Waals surface area contributed by atoms with Gasteiger partial charge in [0, 0.05) is 17.1 Å². The van der Waals surface area contributed by atoms with Crippen molar-refractivity contribution in [3.05, 3.63) is 18.2 Å². The highest BCUT2D eigenvalue weighted by Gasteiger charge is 2.26. The number of nitrogens with two attached hydrogens (primary N) is 1. The lowest BCUT2D eigenvalue weighted by Crippen LogP contribution is -2.41. The second kappa shape index (κ2) is 8.79. The standard InChI is InChI=1S/C14H20F2N2O3S/c1-20-11-4-3-10(7-12(11)21-2)22-6-5-13(19)18-9-14(15,16)8-17/h3-4,7H,5-6,8-9,17H2,1-2H3,(H,18,19). The minimum absolute atomic E-state index is 0.139. The number of benzene rings is 1. The third-order valence-electron chi connectivity index (χ3n) is 2.80. The van der Waals surface area contributed by atoms with Crippen LogP contribution in [0.25, 0.3) is 0 Å². The highest BCUT2D eigenvalue weighted by atomic mass is 32.2. The van der Waals surface area contributed by atoms with Gasteiger partial charge in [-0.15, -0.1) is 11.8 Å². The summed E-state index contributed by atoms with van der Waals surface area (Å²) in [6.07, 6.45) is 0.139. The number of carbonyl (C=O) groups excluding carboxylic acids is 1. The first-order valence-corrected chi connectivity index (χ1v) is 7.60. The molecular formula is C14H20F2N2O3S. The normalized spacial score (nSPS) is 11.1. The molecule has 0 aliphatic carbocycles. The molecule has 0 aromatic heterocycles. The fraction of sp³-hybridized carbons (Fsp3) is 0.500. The monoisotopic (exact) mass is 334 g/mol. The molecule has 0 aliphatic heterocycles. The fourth-order valence-electron chi connectivity index (χ4n) is 1.56. The van der Waals surface area contributed by atoms with E-state index >= 15 is 0 Å². The Balaban J connectivity index is 2.39. The molecule has 22 heavy (non-hydrogen) atoms. The Labute approximate surface area is 132 Å². The highest BCUT2D eigenvalue weighted by Crippen LogP contribution is 2.31. The van der Waals surface area contributed by atoms with Crippen LogP contribution in [0.1, 0.15) is 6.42 Å². The van der Waals surface area contributed by atoms with Gasteiger partial charge in [-0.25, -0.2) is 8.78 Å². The average molecular weight is 334 g/mol. The van der Waals surface area contributed by atoms with Crippen LogP contribution in [0.15, 0.2) is 23.1 Å². The average Bonchev–Trinajstić information content (AvgIpc) is 2.52. The number of halogens is 2. The van der Waals surface area contributed by atoms with E-state index in [1.165, 1.54) is 18.9 Å². The van der Waals surface area contributed by atoms with Crippen molar-refractivity contribution in [2.45, 2.75) is 17.2 Å². The molecule has 0 saturated heterocycles. The first kappa shape index (κ1) is 18.5. The molecule has 0 bridgehead atoms. The summed E-state index contributed by atoms with van der Waals surface area (Å²) in [5.74, 6) is -1.81. The molecule has 1 aromatic carbocycles. The van der Waals surface area contributed by atoms with Crippen molar-refractivity contribution in [3.63, 3.8) is 0 Å². The largest absolute Gasteiger partial charge is 0.493 e. The Kier molecular flexibility index (Phi) is 7.40. The van der Waals surface area contributed by atoms with Gasteiger partial charge in [0.05, 0.1) is 27.3 Å². The van der Waals surface area contributed by atoms with Crippen LogP contribution in [0.2, 0.25) is 0 Å². The third-order valence-corrected chi connectivity index (χ3v) is 3.79. The van der Waals surface area contributed by atoms with Crippen LogP contribution >= 0.6 is 11.8 Å². The molecule has 3 N–H and O–H groups in total. The van der Waals surface area contributed by atoms with E-state index in [4.69, 9.17) is 15.2 Å². The predicted molar refractivity (Wildman–Crippen MR) is 81.9 cm³/mol. The van der Waals surface area contributed by atoms with E-state index in [1.807, 2.05) is 6.07 Å². The molecule has 1 amide bonds. The van der Waals surface area contributed by atoms with Gasteiger partial charge in [-0.05, 0) is 18.2 Å². The molecule has 5 nitrogen and oxygen atoms in total. The molecule has 0 atom stereocenters. The quantitative estimate of drug-likeness (QED) is 0.675. The molecule has 0 fully saturated rings. The van der Waals surface area contributed by atoms with Crippen LogP contribution in [0, 0.1) is 0 Å². The van der Waals surface area contributed by atoms with Crippen molar-refractivity contribution >= 4 is 17.7 Å². The zero-order valence-corrected chi connectivity index (χ0v) is 13.3. The van der Waals surface area contributed by atoms with E-state index < -0.39 is 24.9 Å². The van der Waals surface area contributed by atoms with Crippen LogP contribution in [-0.2, 0) is 4.79 Å². The summed E-state index contributed by atoms with van der Waals surface area (Å²) >= 11 is 1.43. The van der Waals surface area contributed by atoms with E-state index in [2.05, 4.69) is 5.32 Å². The summed E-state index contributed by atoms with van der Waals surface area (Å²) in [6.45, 7) is -1.52. The van der Waals surface area contributed by atoms with Crippen molar-refractivity contribution in [2.75, 3.05) is 33.1 Å². The van der Waals surface area contributed by atoms with E-state index in [0.29, 0.717) is 17.3 Å². The van der Waals surface area contributed by atoms with Crippen LogP contribution < -0.4 is 20.5 Å². The van der Waals surface area contributed by atoms with Crippen LogP contribution in [0.5, 0.6) is 11.5 Å². The summed E-state index contributed by atoms with van der Waals surface area (Å²) < 4.78 is 36.1. The minimum Gasteiger partial charge on any atom is -0.493 e. The van der Waals surface area contributed by atoms with Crippen molar-refractivity contribution < 1.29 is 23.0 Å². The predicted octanol–water partition coefficient (Wildman–Crippen LogP) is 1.90. The van der Waals surface area contributed by atoms with Gasteiger partial charge in [-0.1, -0.05) is 0 Å². The van der Waals surface area contributed by atoms with Gasteiger partial charge in [-0.2, -0.15) is 0 Å².